The number of aromatic hydroxyl groups is 1. The minimum Gasteiger partial charge on any atom is -0.508 e. The van der Waals surface area contributed by atoms with Crippen LogP contribution in [0.5, 0.6) is 5.75 Å². The number of aliphatic hydroxyl groups is 1. The maximum absolute atomic E-state index is 13.9. The first kappa shape index (κ1) is 56.4. The zero-order valence-electron chi connectivity index (χ0n) is 37.2. The average molecular weight is 966 g/mol. The maximum Gasteiger partial charge on any atom is 0.305 e. The maximum atomic E-state index is 13.9. The molecule has 0 bridgehead atoms. The van der Waals surface area contributed by atoms with Crippen LogP contribution in [0.15, 0.2) is 29.3 Å². The lowest BCUT2D eigenvalue weighted by Crippen LogP contribution is -2.59. The Kier molecular flexibility index (Phi) is 23.8. The topological polar surface area (TPSA) is 435 Å². The average Bonchev–Trinajstić information content (AvgIpc) is 3.78. The van der Waals surface area contributed by atoms with E-state index in [2.05, 4.69) is 54.8 Å². The van der Waals surface area contributed by atoms with Crippen LogP contribution in [-0.2, 0) is 54.4 Å². The van der Waals surface area contributed by atoms with Gasteiger partial charge in [0.15, 0.2) is 5.96 Å². The number of benzene rings is 1. The van der Waals surface area contributed by atoms with E-state index >= 15 is 0 Å². The van der Waals surface area contributed by atoms with E-state index in [4.69, 9.17) is 22.9 Å². The molecule has 0 spiro atoms. The fourth-order valence-corrected chi connectivity index (χ4v) is 6.75. The van der Waals surface area contributed by atoms with Crippen molar-refractivity contribution in [3.8, 4) is 5.75 Å². The fourth-order valence-electron chi connectivity index (χ4n) is 6.58. The molecule has 0 aliphatic carbocycles. The van der Waals surface area contributed by atoms with Crippen molar-refractivity contribution < 1.29 is 63.3 Å². The van der Waals surface area contributed by atoms with Crippen LogP contribution in [0.4, 0.5) is 0 Å². The predicted octanol–water partition coefficient (Wildman–Crippen LogP) is -6.11. The van der Waals surface area contributed by atoms with Crippen LogP contribution in [0, 0.1) is 5.92 Å². The number of aliphatic imine (C=N–C) groups is 1. The molecule has 26 nitrogen and oxygen atoms in total. The van der Waals surface area contributed by atoms with E-state index in [0.29, 0.717) is 18.4 Å². The number of hydrogen-bond donors (Lipinski definition) is 15. The largest absolute Gasteiger partial charge is 0.508 e. The Balaban J connectivity index is 2.15. The van der Waals surface area contributed by atoms with Gasteiger partial charge in [-0.15, -0.1) is 0 Å². The quantitative estimate of drug-likeness (QED) is 0.0161. The third-order valence-corrected chi connectivity index (χ3v) is 10.9. The molecule has 2 rings (SSSR count). The van der Waals surface area contributed by atoms with Crippen molar-refractivity contribution >= 4 is 77.7 Å². The van der Waals surface area contributed by atoms with Gasteiger partial charge in [-0.2, -0.15) is 12.6 Å². The zero-order chi connectivity index (χ0) is 50.4. The van der Waals surface area contributed by atoms with Crippen molar-refractivity contribution in [3.05, 3.63) is 29.8 Å². The molecule has 0 unspecified atom stereocenters. The third-order valence-electron chi connectivity index (χ3n) is 10.5. The molecule has 18 N–H and O–H groups in total. The van der Waals surface area contributed by atoms with Gasteiger partial charge in [-0.05, 0) is 49.3 Å². The number of primary amides is 1. The molecule has 67 heavy (non-hydrogen) atoms. The van der Waals surface area contributed by atoms with Crippen LogP contribution < -0.4 is 60.2 Å². The normalized spacial score (nSPS) is 16.3. The van der Waals surface area contributed by atoms with Crippen molar-refractivity contribution in [2.75, 3.05) is 38.5 Å². The molecule has 1 aromatic carbocycles. The lowest BCUT2D eigenvalue weighted by Gasteiger charge is -2.29. The molecular weight excluding hydrogens is 903 g/mol. The number of nitrogens with zero attached hydrogens (tertiary/aromatic N) is 2. The van der Waals surface area contributed by atoms with Crippen molar-refractivity contribution in [3.63, 3.8) is 0 Å². The van der Waals surface area contributed by atoms with Gasteiger partial charge in [0.2, 0.25) is 53.2 Å². The Hall–Kier alpha value is -6.74. The molecule has 9 amide bonds. The standard InChI is InChI=1S/C40H63N13O13S/c1-3-20(2)32(38(65)47-17-30(57)49-27(18-54)36(63)50-24(33(42)60)6-4-12-45-40(43)44)52-35(62)25(14-21-8-10-22(55)11-9-21)48-29(56)16-46-37(64)28-7-5-13-53(28)39(66)26(15-31(58)59)51-34(61)23(41)19-67/h8-11,20,23-28,32,54-55,67H,3-7,12-19,41H2,1-2H3,(H2,42,60)(H,46,64)(H,47,65)(H,48,56)(H,49,57)(H,50,63)(H,51,61)(H,52,62)(H,58,59)(H4,43,44,45)/t20-,23-,24-,25-,26-,27-,28-,32-/m0/s1. The lowest BCUT2D eigenvalue weighted by molar-refractivity contribution is -0.146. The number of carbonyl (C=O) groups is 10. The van der Waals surface area contributed by atoms with Crippen molar-refractivity contribution in [2.24, 2.45) is 33.8 Å². The van der Waals surface area contributed by atoms with Gasteiger partial charge < -0.3 is 80.4 Å². The number of likely N-dealkylation sites (tertiary alicyclic amines) is 1. The summed E-state index contributed by atoms with van der Waals surface area (Å²) in [6, 6.07) is -3.57. The molecule has 1 aliphatic rings. The summed E-state index contributed by atoms with van der Waals surface area (Å²) in [6.07, 6.45) is 0.167. The molecule has 0 radical (unpaired) electrons. The van der Waals surface area contributed by atoms with Crippen LogP contribution in [0.25, 0.3) is 0 Å². The summed E-state index contributed by atoms with van der Waals surface area (Å²) in [6.45, 7) is 1.24. The van der Waals surface area contributed by atoms with Crippen LogP contribution in [-0.4, -0.2) is 166 Å². The first-order chi connectivity index (χ1) is 31.6. The SMILES string of the molecule is CC[C@H](C)[C@H](NC(=O)[C@H](Cc1ccc(O)cc1)NC(=O)CNC(=O)[C@@H]1CCCN1C(=O)[C@H](CC(=O)O)NC(=O)[C@@H](N)CS)C(=O)NCC(=O)N[C@@H](CO)C(=O)N[C@@H](CCCN=C(N)N)C(N)=O. The number of nitrogens with one attached hydrogen (secondary N) is 7. The number of carbonyl (C=O) groups excluding carboxylic acids is 9. The number of guanidine groups is 1. The Morgan fingerprint density at radius 3 is 1.99 bits per heavy atom. The zero-order valence-corrected chi connectivity index (χ0v) is 38.1. The molecule has 372 valence electrons. The summed E-state index contributed by atoms with van der Waals surface area (Å²) in [7, 11) is 0. The highest BCUT2D eigenvalue weighted by molar-refractivity contribution is 7.80. The van der Waals surface area contributed by atoms with Gasteiger partial charge in [-0.25, -0.2) is 0 Å². The summed E-state index contributed by atoms with van der Waals surface area (Å²) in [4.78, 5) is 134. The monoisotopic (exact) mass is 965 g/mol. The molecule has 1 fully saturated rings. The fraction of sp³-hybridized carbons (Fsp3) is 0.575. The number of amides is 9. The number of aliphatic carboxylic acids is 1. The van der Waals surface area contributed by atoms with E-state index < -0.39 is 133 Å². The van der Waals surface area contributed by atoms with Gasteiger partial charge >= 0.3 is 5.97 Å². The van der Waals surface area contributed by atoms with Gasteiger partial charge in [0.1, 0.15) is 42.0 Å². The second-order valence-corrected chi connectivity index (χ2v) is 16.0. The molecular formula is C40H63N13O13S. The summed E-state index contributed by atoms with van der Waals surface area (Å²) < 4.78 is 0. The van der Waals surface area contributed by atoms with Crippen molar-refractivity contribution in [2.45, 2.75) is 101 Å². The molecule has 8 atom stereocenters. The van der Waals surface area contributed by atoms with Gasteiger partial charge in [0.05, 0.1) is 32.2 Å². The molecule has 1 aromatic rings. The Bertz CT molecular complexity index is 1950. The number of phenols is 1. The number of thiol groups is 1. The number of carboxylic acid groups (broad SMARTS) is 1. The summed E-state index contributed by atoms with van der Waals surface area (Å²) in [5.41, 5.74) is 22.1. The Labute approximate surface area is 391 Å². The molecule has 27 heteroatoms. The van der Waals surface area contributed by atoms with Crippen LogP contribution >= 0.6 is 12.6 Å². The van der Waals surface area contributed by atoms with Gasteiger partial charge in [0, 0.05) is 25.3 Å². The smallest absolute Gasteiger partial charge is 0.305 e. The highest BCUT2D eigenvalue weighted by Crippen LogP contribution is 2.20. The van der Waals surface area contributed by atoms with Crippen LogP contribution in [0.2, 0.25) is 0 Å². The second kappa shape index (κ2) is 28.3. The highest BCUT2D eigenvalue weighted by Gasteiger charge is 2.39. The molecule has 0 aromatic heterocycles. The van der Waals surface area contributed by atoms with Crippen molar-refractivity contribution in [1.29, 1.82) is 0 Å². The number of hydrogen-bond acceptors (Lipinski definition) is 15. The molecule has 1 saturated heterocycles. The third kappa shape index (κ3) is 19.3. The number of phenolic OH excluding ortho intramolecular Hbond substituents is 1. The number of aliphatic hydroxyl groups excluding tert-OH is 1. The minimum atomic E-state index is -1.55. The number of nitrogens with two attached hydrogens (primary N) is 4. The number of rotatable bonds is 28. The van der Waals surface area contributed by atoms with E-state index in [1.807, 2.05) is 0 Å². The Morgan fingerprint density at radius 2 is 1.42 bits per heavy atom. The molecule has 1 aliphatic heterocycles. The summed E-state index contributed by atoms with van der Waals surface area (Å²) in [5.74, 6) is -10.1. The van der Waals surface area contributed by atoms with Crippen LogP contribution in [0.3, 0.4) is 0 Å². The van der Waals surface area contributed by atoms with Crippen LogP contribution in [0.1, 0.15) is 57.9 Å². The molecule has 0 saturated carbocycles. The second-order valence-electron chi connectivity index (χ2n) is 15.7. The highest BCUT2D eigenvalue weighted by atomic mass is 32.1. The summed E-state index contributed by atoms with van der Waals surface area (Å²) in [5, 5.41) is 45.8. The lowest BCUT2D eigenvalue weighted by atomic mass is 9.97. The van der Waals surface area contributed by atoms with E-state index in [1.54, 1.807) is 13.8 Å². The van der Waals surface area contributed by atoms with Gasteiger partial charge in [-0.1, -0.05) is 32.4 Å². The van der Waals surface area contributed by atoms with E-state index in [9.17, 15) is 63.3 Å². The van der Waals surface area contributed by atoms with E-state index in [-0.39, 0.29) is 56.2 Å². The Morgan fingerprint density at radius 1 is 0.821 bits per heavy atom. The first-order valence-electron chi connectivity index (χ1n) is 21.3. The summed E-state index contributed by atoms with van der Waals surface area (Å²) >= 11 is 3.94. The number of carboxylic acids is 1. The van der Waals surface area contributed by atoms with E-state index in [1.165, 1.54) is 24.3 Å². The molecule has 1 heterocycles. The van der Waals surface area contributed by atoms with E-state index in [0.717, 1.165) is 4.90 Å². The predicted molar refractivity (Wildman–Crippen MR) is 242 cm³/mol. The van der Waals surface area contributed by atoms with Gasteiger partial charge in [0.25, 0.3) is 0 Å². The first-order valence-corrected chi connectivity index (χ1v) is 21.9. The van der Waals surface area contributed by atoms with Crippen molar-refractivity contribution in [1.82, 2.24) is 42.1 Å². The van der Waals surface area contributed by atoms with Gasteiger partial charge in [-0.3, -0.25) is 52.9 Å². The minimum absolute atomic E-state index is 0.0404.